The Morgan fingerprint density at radius 3 is 2.50 bits per heavy atom. The van der Waals surface area contributed by atoms with Gasteiger partial charge in [0.1, 0.15) is 0 Å². The Balaban J connectivity index is 2.35. The Bertz CT molecular complexity index is 146. The van der Waals surface area contributed by atoms with Crippen molar-refractivity contribution in [2.75, 3.05) is 32.9 Å². The molecule has 1 N–H and O–H groups in total. The molecule has 14 heavy (non-hydrogen) atoms. The van der Waals surface area contributed by atoms with E-state index in [1.54, 1.807) is 0 Å². The van der Waals surface area contributed by atoms with E-state index < -0.39 is 0 Å². The molecule has 1 aliphatic heterocycles. The lowest BCUT2D eigenvalue weighted by Gasteiger charge is -2.35. The topological polar surface area (TPSA) is 32.7 Å². The summed E-state index contributed by atoms with van der Waals surface area (Å²) in [6, 6.07) is 0.626. The fourth-order valence-electron chi connectivity index (χ4n) is 2.06. The van der Waals surface area contributed by atoms with Crippen LogP contribution in [0.1, 0.15) is 26.7 Å². The summed E-state index contributed by atoms with van der Waals surface area (Å²) >= 11 is 0. The third kappa shape index (κ3) is 3.56. The molecule has 84 valence electrons. The van der Waals surface area contributed by atoms with Crippen LogP contribution in [0.3, 0.4) is 0 Å². The van der Waals surface area contributed by atoms with Gasteiger partial charge in [0.2, 0.25) is 0 Å². The van der Waals surface area contributed by atoms with Gasteiger partial charge >= 0.3 is 0 Å². The molecule has 0 bridgehead atoms. The van der Waals surface area contributed by atoms with Gasteiger partial charge in [-0.15, -0.1) is 0 Å². The summed E-state index contributed by atoms with van der Waals surface area (Å²) in [4.78, 5) is 2.50. The lowest BCUT2D eigenvalue weighted by Crippen LogP contribution is -2.44. The smallest absolute Gasteiger partial charge is 0.0594 e. The van der Waals surface area contributed by atoms with Crippen LogP contribution >= 0.6 is 0 Å². The van der Waals surface area contributed by atoms with Crippen molar-refractivity contribution in [3.05, 3.63) is 0 Å². The normalized spacial score (nSPS) is 23.4. The molecular formula is C11H23NO2. The first-order valence-electron chi connectivity index (χ1n) is 5.70. The lowest BCUT2D eigenvalue weighted by atomic mass is 9.99. The van der Waals surface area contributed by atoms with Crippen LogP contribution in [0.15, 0.2) is 0 Å². The first-order valence-corrected chi connectivity index (χ1v) is 5.70. The fourth-order valence-corrected chi connectivity index (χ4v) is 2.06. The van der Waals surface area contributed by atoms with Crippen molar-refractivity contribution in [1.29, 1.82) is 0 Å². The van der Waals surface area contributed by atoms with Crippen LogP contribution in [0.25, 0.3) is 0 Å². The Hall–Kier alpha value is -0.120. The summed E-state index contributed by atoms with van der Waals surface area (Å²) in [5.74, 6) is 0.419. The van der Waals surface area contributed by atoms with Crippen molar-refractivity contribution >= 4 is 0 Å². The second-order valence-corrected chi connectivity index (χ2v) is 4.23. The SMILES string of the molecule is CCC(CC(C)CO)N1CCOCC1. The van der Waals surface area contributed by atoms with E-state index in [1.165, 1.54) is 6.42 Å². The van der Waals surface area contributed by atoms with E-state index in [0.717, 1.165) is 32.7 Å². The van der Waals surface area contributed by atoms with Gasteiger partial charge in [0, 0.05) is 25.7 Å². The summed E-state index contributed by atoms with van der Waals surface area (Å²) in [6.07, 6.45) is 2.28. The molecule has 1 fully saturated rings. The Morgan fingerprint density at radius 2 is 2.00 bits per heavy atom. The maximum Gasteiger partial charge on any atom is 0.0594 e. The van der Waals surface area contributed by atoms with E-state index in [0.29, 0.717) is 18.6 Å². The molecule has 0 aromatic carbocycles. The summed E-state index contributed by atoms with van der Waals surface area (Å²) < 4.78 is 5.33. The van der Waals surface area contributed by atoms with Crippen molar-refractivity contribution < 1.29 is 9.84 Å². The van der Waals surface area contributed by atoms with Crippen LogP contribution in [0.2, 0.25) is 0 Å². The standard InChI is InChI=1S/C11H23NO2/c1-3-11(8-10(2)9-13)12-4-6-14-7-5-12/h10-11,13H,3-9H2,1-2H3. The minimum atomic E-state index is 0.306. The van der Waals surface area contributed by atoms with Gasteiger partial charge in [0.25, 0.3) is 0 Å². The van der Waals surface area contributed by atoms with E-state index in [2.05, 4.69) is 18.7 Å². The van der Waals surface area contributed by atoms with E-state index in [9.17, 15) is 0 Å². The molecule has 0 aliphatic carbocycles. The third-order valence-electron chi connectivity index (χ3n) is 3.02. The molecule has 1 saturated heterocycles. The van der Waals surface area contributed by atoms with Crippen molar-refractivity contribution in [1.82, 2.24) is 4.90 Å². The van der Waals surface area contributed by atoms with Crippen LogP contribution in [-0.4, -0.2) is 49.0 Å². The third-order valence-corrected chi connectivity index (χ3v) is 3.02. The molecule has 2 atom stereocenters. The van der Waals surface area contributed by atoms with Crippen LogP contribution in [0, 0.1) is 5.92 Å². The van der Waals surface area contributed by atoms with Crippen LogP contribution in [0.5, 0.6) is 0 Å². The molecule has 1 rings (SSSR count). The zero-order valence-electron chi connectivity index (χ0n) is 9.41. The predicted molar refractivity (Wildman–Crippen MR) is 57.3 cm³/mol. The Kier molecular flexibility index (Phi) is 5.45. The predicted octanol–water partition coefficient (Wildman–Crippen LogP) is 1.12. The fraction of sp³-hybridized carbons (Fsp3) is 1.00. The number of nitrogens with zero attached hydrogens (tertiary/aromatic N) is 1. The molecule has 0 radical (unpaired) electrons. The van der Waals surface area contributed by atoms with E-state index >= 15 is 0 Å². The molecule has 1 aliphatic rings. The molecule has 3 nitrogen and oxygen atoms in total. The highest BCUT2D eigenvalue weighted by atomic mass is 16.5. The van der Waals surface area contributed by atoms with Gasteiger partial charge in [0.15, 0.2) is 0 Å². The number of aliphatic hydroxyl groups is 1. The average Bonchev–Trinajstić information content (AvgIpc) is 2.26. The summed E-state index contributed by atoms with van der Waals surface area (Å²) in [5, 5.41) is 9.03. The van der Waals surface area contributed by atoms with Gasteiger partial charge in [-0.25, -0.2) is 0 Å². The van der Waals surface area contributed by atoms with Crippen LogP contribution in [0.4, 0.5) is 0 Å². The molecule has 0 aromatic rings. The number of rotatable bonds is 5. The van der Waals surface area contributed by atoms with Gasteiger partial charge in [-0.2, -0.15) is 0 Å². The number of hydrogen-bond donors (Lipinski definition) is 1. The average molecular weight is 201 g/mol. The quantitative estimate of drug-likeness (QED) is 0.723. The number of morpholine rings is 1. The van der Waals surface area contributed by atoms with Crippen LogP contribution < -0.4 is 0 Å². The van der Waals surface area contributed by atoms with Gasteiger partial charge < -0.3 is 9.84 Å². The lowest BCUT2D eigenvalue weighted by molar-refractivity contribution is 0.00896. The minimum Gasteiger partial charge on any atom is -0.396 e. The first-order chi connectivity index (χ1) is 6.77. The van der Waals surface area contributed by atoms with E-state index in [-0.39, 0.29) is 0 Å². The maximum atomic E-state index is 9.03. The van der Waals surface area contributed by atoms with Crippen LogP contribution in [-0.2, 0) is 4.74 Å². The van der Waals surface area contributed by atoms with Crippen molar-refractivity contribution in [2.24, 2.45) is 5.92 Å². The zero-order valence-corrected chi connectivity index (χ0v) is 9.41. The molecule has 0 saturated carbocycles. The van der Waals surface area contributed by atoms with Crippen molar-refractivity contribution in [3.8, 4) is 0 Å². The highest BCUT2D eigenvalue weighted by Crippen LogP contribution is 2.16. The summed E-state index contributed by atoms with van der Waals surface area (Å²) in [6.45, 7) is 8.48. The van der Waals surface area contributed by atoms with Gasteiger partial charge in [-0.05, 0) is 18.8 Å². The summed E-state index contributed by atoms with van der Waals surface area (Å²) in [7, 11) is 0. The summed E-state index contributed by atoms with van der Waals surface area (Å²) in [5.41, 5.74) is 0. The molecule has 0 amide bonds. The molecule has 0 aromatic heterocycles. The molecule has 2 unspecified atom stereocenters. The molecule has 1 heterocycles. The first kappa shape index (κ1) is 12.0. The van der Waals surface area contributed by atoms with E-state index in [4.69, 9.17) is 9.84 Å². The van der Waals surface area contributed by atoms with Crippen molar-refractivity contribution in [2.45, 2.75) is 32.7 Å². The largest absolute Gasteiger partial charge is 0.396 e. The van der Waals surface area contributed by atoms with Crippen molar-refractivity contribution in [3.63, 3.8) is 0 Å². The number of ether oxygens (including phenoxy) is 1. The van der Waals surface area contributed by atoms with Gasteiger partial charge in [0.05, 0.1) is 13.2 Å². The molecule has 0 spiro atoms. The second kappa shape index (κ2) is 6.38. The van der Waals surface area contributed by atoms with E-state index in [1.807, 2.05) is 0 Å². The minimum absolute atomic E-state index is 0.306. The maximum absolute atomic E-state index is 9.03. The number of hydrogen-bond acceptors (Lipinski definition) is 3. The zero-order chi connectivity index (χ0) is 10.4. The number of aliphatic hydroxyl groups excluding tert-OH is 1. The molecular weight excluding hydrogens is 178 g/mol. The Labute approximate surface area is 87.1 Å². The Morgan fingerprint density at radius 1 is 1.36 bits per heavy atom. The highest BCUT2D eigenvalue weighted by Gasteiger charge is 2.20. The van der Waals surface area contributed by atoms with Gasteiger partial charge in [-0.1, -0.05) is 13.8 Å². The van der Waals surface area contributed by atoms with Gasteiger partial charge in [-0.3, -0.25) is 4.90 Å². The highest BCUT2D eigenvalue weighted by molar-refractivity contribution is 4.74. The molecule has 3 heteroatoms. The monoisotopic (exact) mass is 201 g/mol. The second-order valence-electron chi connectivity index (χ2n) is 4.23.